The highest BCUT2D eigenvalue weighted by molar-refractivity contribution is 5.73. The zero-order chi connectivity index (χ0) is 16.2. The summed E-state index contributed by atoms with van der Waals surface area (Å²) in [5.41, 5.74) is 0.603. The van der Waals surface area contributed by atoms with Gasteiger partial charge in [-0.3, -0.25) is 4.79 Å². The fourth-order valence-electron chi connectivity index (χ4n) is 2.04. The number of aliphatic carboxylic acids is 1. The highest BCUT2D eigenvalue weighted by Gasteiger charge is 2.29. The summed E-state index contributed by atoms with van der Waals surface area (Å²) in [6.45, 7) is -1.51. The van der Waals surface area contributed by atoms with Crippen molar-refractivity contribution in [1.29, 1.82) is 0 Å². The van der Waals surface area contributed by atoms with Crippen molar-refractivity contribution in [3.63, 3.8) is 0 Å². The Morgan fingerprint density at radius 2 is 1.95 bits per heavy atom. The van der Waals surface area contributed by atoms with Crippen LogP contribution in [0, 0.1) is 0 Å². The van der Waals surface area contributed by atoms with Crippen LogP contribution in [0.5, 0.6) is 0 Å². The monoisotopic (exact) mass is 313 g/mol. The minimum Gasteiger partial charge on any atom is -0.480 e. The van der Waals surface area contributed by atoms with Crippen molar-refractivity contribution < 1.29 is 23.1 Å². The summed E-state index contributed by atoms with van der Waals surface area (Å²) in [4.78, 5) is 16.3. The number of imidazole rings is 1. The summed E-state index contributed by atoms with van der Waals surface area (Å²) in [5, 5.41) is 8.98. The predicted octanol–water partition coefficient (Wildman–Crippen LogP) is 2.54. The maximum Gasteiger partial charge on any atom is 0.406 e. The number of carbonyl (C=O) groups is 1. The molecule has 0 spiro atoms. The predicted molar refractivity (Wildman–Crippen MR) is 73.4 cm³/mol. The van der Waals surface area contributed by atoms with Crippen molar-refractivity contribution >= 4 is 11.7 Å². The van der Waals surface area contributed by atoms with E-state index in [0.29, 0.717) is 5.69 Å². The first kappa shape index (κ1) is 15.9. The SMILES string of the molecule is O=C(O)CN(Cc1nccn1CC(F)(F)F)c1ccccc1. The quantitative estimate of drug-likeness (QED) is 0.890. The van der Waals surface area contributed by atoms with E-state index in [1.165, 1.54) is 17.3 Å². The van der Waals surface area contributed by atoms with Crippen molar-refractivity contribution in [2.75, 3.05) is 11.4 Å². The Bertz CT molecular complexity index is 626. The minimum atomic E-state index is -4.36. The number of aromatic nitrogens is 2. The van der Waals surface area contributed by atoms with Gasteiger partial charge in [-0.05, 0) is 12.1 Å². The molecule has 0 saturated carbocycles. The molecule has 0 saturated heterocycles. The standard InChI is InChI=1S/C14H14F3N3O2/c15-14(16,17)10-19-7-6-18-12(19)8-20(9-13(21)22)11-4-2-1-3-5-11/h1-7H,8-10H2,(H,21,22). The lowest BCUT2D eigenvalue weighted by Gasteiger charge is -2.23. The van der Waals surface area contributed by atoms with E-state index in [1.807, 2.05) is 0 Å². The molecule has 5 nitrogen and oxygen atoms in total. The van der Waals surface area contributed by atoms with Gasteiger partial charge in [0.2, 0.25) is 0 Å². The van der Waals surface area contributed by atoms with Gasteiger partial charge in [0.1, 0.15) is 18.9 Å². The molecule has 0 fully saturated rings. The molecule has 22 heavy (non-hydrogen) atoms. The van der Waals surface area contributed by atoms with Crippen molar-refractivity contribution in [3.05, 3.63) is 48.5 Å². The molecule has 2 aromatic rings. The van der Waals surface area contributed by atoms with E-state index in [-0.39, 0.29) is 18.9 Å². The average Bonchev–Trinajstić information content (AvgIpc) is 2.83. The summed E-state index contributed by atoms with van der Waals surface area (Å²) < 4.78 is 38.5. The van der Waals surface area contributed by atoms with E-state index >= 15 is 0 Å². The van der Waals surface area contributed by atoms with Crippen LogP contribution in [0.15, 0.2) is 42.7 Å². The largest absolute Gasteiger partial charge is 0.480 e. The number of hydrogen-bond donors (Lipinski definition) is 1. The van der Waals surface area contributed by atoms with Gasteiger partial charge in [-0.2, -0.15) is 13.2 Å². The van der Waals surface area contributed by atoms with Gasteiger partial charge in [-0.25, -0.2) is 4.98 Å². The van der Waals surface area contributed by atoms with Crippen LogP contribution in [-0.2, 0) is 17.9 Å². The van der Waals surface area contributed by atoms with Crippen molar-refractivity contribution in [2.24, 2.45) is 0 Å². The van der Waals surface area contributed by atoms with Crippen LogP contribution in [0.1, 0.15) is 5.82 Å². The summed E-state index contributed by atoms with van der Waals surface area (Å²) in [7, 11) is 0. The Morgan fingerprint density at radius 3 is 2.55 bits per heavy atom. The summed E-state index contributed by atoms with van der Waals surface area (Å²) in [5.74, 6) is -0.916. The Balaban J connectivity index is 2.21. The van der Waals surface area contributed by atoms with E-state index in [4.69, 9.17) is 5.11 Å². The van der Waals surface area contributed by atoms with Gasteiger partial charge < -0.3 is 14.6 Å². The maximum atomic E-state index is 12.5. The Hall–Kier alpha value is -2.51. The van der Waals surface area contributed by atoms with Crippen molar-refractivity contribution in [3.8, 4) is 0 Å². The van der Waals surface area contributed by atoms with E-state index in [9.17, 15) is 18.0 Å². The fourth-order valence-corrected chi connectivity index (χ4v) is 2.04. The first-order valence-electron chi connectivity index (χ1n) is 6.44. The molecular formula is C14H14F3N3O2. The molecule has 1 heterocycles. The smallest absolute Gasteiger partial charge is 0.406 e. The van der Waals surface area contributed by atoms with Gasteiger partial charge in [-0.15, -0.1) is 0 Å². The van der Waals surface area contributed by atoms with E-state index in [2.05, 4.69) is 4.98 Å². The van der Waals surface area contributed by atoms with E-state index in [0.717, 1.165) is 4.57 Å². The third-order valence-electron chi connectivity index (χ3n) is 2.93. The highest BCUT2D eigenvalue weighted by atomic mass is 19.4. The summed E-state index contributed by atoms with van der Waals surface area (Å²) in [6.07, 6.45) is -1.86. The molecule has 1 aromatic carbocycles. The Morgan fingerprint density at radius 1 is 1.27 bits per heavy atom. The minimum absolute atomic E-state index is 0.0284. The van der Waals surface area contributed by atoms with Crippen molar-refractivity contribution in [2.45, 2.75) is 19.3 Å². The Kier molecular flexibility index (Phi) is 4.69. The lowest BCUT2D eigenvalue weighted by atomic mass is 10.3. The third-order valence-corrected chi connectivity index (χ3v) is 2.93. The number of anilines is 1. The Labute approximate surface area is 124 Å². The first-order chi connectivity index (χ1) is 10.3. The number of hydrogen-bond acceptors (Lipinski definition) is 3. The van der Waals surface area contributed by atoms with Crippen molar-refractivity contribution in [1.82, 2.24) is 9.55 Å². The lowest BCUT2D eigenvalue weighted by molar-refractivity contribution is -0.141. The molecule has 0 aliphatic heterocycles. The zero-order valence-corrected chi connectivity index (χ0v) is 11.5. The number of halogens is 3. The second kappa shape index (κ2) is 6.50. The second-order valence-corrected chi connectivity index (χ2v) is 4.67. The molecule has 0 bridgehead atoms. The fraction of sp³-hybridized carbons (Fsp3) is 0.286. The molecule has 1 aromatic heterocycles. The van der Waals surface area contributed by atoms with Crippen LogP contribution in [0.25, 0.3) is 0 Å². The molecule has 0 radical (unpaired) electrons. The summed E-state index contributed by atoms with van der Waals surface area (Å²) >= 11 is 0. The van der Waals surface area contributed by atoms with Gasteiger partial charge in [0, 0.05) is 18.1 Å². The number of rotatable bonds is 6. The van der Waals surface area contributed by atoms with Crippen LogP contribution >= 0.6 is 0 Å². The van der Waals surface area contributed by atoms with Crippen LogP contribution in [0.3, 0.4) is 0 Å². The molecule has 0 amide bonds. The van der Waals surface area contributed by atoms with Gasteiger partial charge in [0.25, 0.3) is 0 Å². The number of nitrogens with zero attached hydrogens (tertiary/aromatic N) is 3. The molecule has 8 heteroatoms. The van der Waals surface area contributed by atoms with E-state index in [1.54, 1.807) is 30.3 Å². The van der Waals surface area contributed by atoms with Gasteiger partial charge in [0.05, 0.1) is 6.54 Å². The number of benzene rings is 1. The molecule has 2 rings (SSSR count). The normalized spacial score (nSPS) is 11.4. The number of alkyl halides is 3. The van der Waals surface area contributed by atoms with Gasteiger partial charge in [-0.1, -0.05) is 18.2 Å². The third kappa shape index (κ3) is 4.51. The maximum absolute atomic E-state index is 12.5. The molecule has 0 aliphatic carbocycles. The average molecular weight is 313 g/mol. The number of para-hydroxylation sites is 1. The molecule has 1 N–H and O–H groups in total. The van der Waals surface area contributed by atoms with Crippen LogP contribution in [0.2, 0.25) is 0 Å². The van der Waals surface area contributed by atoms with Crippen LogP contribution < -0.4 is 4.90 Å². The second-order valence-electron chi connectivity index (χ2n) is 4.67. The van der Waals surface area contributed by atoms with Gasteiger partial charge in [0.15, 0.2) is 0 Å². The van der Waals surface area contributed by atoms with E-state index < -0.39 is 18.7 Å². The van der Waals surface area contributed by atoms with Crippen LogP contribution in [-0.4, -0.2) is 33.3 Å². The van der Waals surface area contributed by atoms with Gasteiger partial charge >= 0.3 is 12.1 Å². The summed E-state index contributed by atoms with van der Waals surface area (Å²) in [6, 6.07) is 8.62. The first-order valence-corrected chi connectivity index (χ1v) is 6.44. The highest BCUT2D eigenvalue weighted by Crippen LogP contribution is 2.20. The zero-order valence-electron chi connectivity index (χ0n) is 11.5. The number of carboxylic acids is 1. The lowest BCUT2D eigenvalue weighted by Crippen LogP contribution is -2.31. The molecular weight excluding hydrogens is 299 g/mol. The topological polar surface area (TPSA) is 58.4 Å². The molecule has 0 aliphatic rings. The van der Waals surface area contributed by atoms with Crippen LogP contribution in [0.4, 0.5) is 18.9 Å². The number of carboxylic acid groups (broad SMARTS) is 1. The molecule has 0 unspecified atom stereocenters. The molecule has 118 valence electrons. The molecule has 0 atom stereocenters.